The van der Waals surface area contributed by atoms with Crippen molar-refractivity contribution in [3.63, 3.8) is 0 Å². The summed E-state index contributed by atoms with van der Waals surface area (Å²) in [6.45, 7) is 1.73. The van der Waals surface area contributed by atoms with E-state index in [-0.39, 0.29) is 0 Å². The third-order valence-electron chi connectivity index (χ3n) is 2.70. The zero-order chi connectivity index (χ0) is 12.6. The molecular weight excluding hydrogens is 228 g/mol. The molecule has 0 aliphatic heterocycles. The van der Waals surface area contributed by atoms with Crippen LogP contribution < -0.4 is 9.47 Å². The van der Waals surface area contributed by atoms with Crippen LogP contribution in [0.4, 0.5) is 0 Å². The first-order valence-corrected chi connectivity index (χ1v) is 6.11. The van der Waals surface area contributed by atoms with Crippen molar-refractivity contribution < 1.29 is 9.47 Å². The van der Waals surface area contributed by atoms with Crippen molar-refractivity contribution in [1.82, 2.24) is 9.55 Å². The summed E-state index contributed by atoms with van der Waals surface area (Å²) in [6.07, 6.45) is 7.74. The van der Waals surface area contributed by atoms with Crippen molar-refractivity contribution in [3.05, 3.63) is 43.0 Å². The molecule has 2 aromatic rings. The van der Waals surface area contributed by atoms with Gasteiger partial charge in [0.2, 0.25) is 0 Å². The van der Waals surface area contributed by atoms with Crippen molar-refractivity contribution >= 4 is 0 Å². The minimum absolute atomic E-state index is 0.737. The van der Waals surface area contributed by atoms with Crippen molar-refractivity contribution in [1.29, 1.82) is 0 Å². The second-order valence-electron chi connectivity index (χ2n) is 4.03. The summed E-state index contributed by atoms with van der Waals surface area (Å²) < 4.78 is 12.8. The second-order valence-corrected chi connectivity index (χ2v) is 4.03. The van der Waals surface area contributed by atoms with Gasteiger partial charge in [-0.2, -0.15) is 0 Å². The number of hydrogen-bond acceptors (Lipinski definition) is 3. The lowest BCUT2D eigenvalue weighted by atomic mass is 10.3. The maximum Gasteiger partial charge on any atom is 0.119 e. The average Bonchev–Trinajstić information content (AvgIpc) is 2.92. The molecule has 0 amide bonds. The van der Waals surface area contributed by atoms with E-state index in [1.165, 1.54) is 0 Å². The first-order chi connectivity index (χ1) is 8.88. The Balaban J connectivity index is 1.62. The molecule has 18 heavy (non-hydrogen) atoms. The minimum atomic E-state index is 0.737. The SMILES string of the molecule is COc1ccc(OCCCCn2ccnc2)cc1. The second kappa shape index (κ2) is 6.69. The predicted molar refractivity (Wildman–Crippen MR) is 70.0 cm³/mol. The van der Waals surface area contributed by atoms with Crippen LogP contribution in [0.5, 0.6) is 11.5 Å². The molecule has 2 rings (SSSR count). The highest BCUT2D eigenvalue weighted by Gasteiger charge is 1.96. The monoisotopic (exact) mass is 246 g/mol. The first kappa shape index (κ1) is 12.5. The highest BCUT2D eigenvalue weighted by Crippen LogP contribution is 2.17. The molecule has 96 valence electrons. The summed E-state index contributed by atoms with van der Waals surface area (Å²) in [5.41, 5.74) is 0. The predicted octanol–water partition coefficient (Wildman–Crippen LogP) is 2.75. The van der Waals surface area contributed by atoms with Crippen LogP contribution in [0.25, 0.3) is 0 Å². The Morgan fingerprint density at radius 3 is 2.56 bits per heavy atom. The number of imidazole rings is 1. The quantitative estimate of drug-likeness (QED) is 0.705. The van der Waals surface area contributed by atoms with Crippen molar-refractivity contribution in [2.24, 2.45) is 0 Å². The van der Waals surface area contributed by atoms with Crippen LogP contribution in [-0.2, 0) is 6.54 Å². The summed E-state index contributed by atoms with van der Waals surface area (Å²) in [5.74, 6) is 1.74. The van der Waals surface area contributed by atoms with Gasteiger partial charge >= 0.3 is 0 Å². The lowest BCUT2D eigenvalue weighted by molar-refractivity contribution is 0.302. The molecule has 0 bridgehead atoms. The number of nitrogens with zero attached hydrogens (tertiary/aromatic N) is 2. The highest BCUT2D eigenvalue weighted by molar-refractivity contribution is 5.31. The van der Waals surface area contributed by atoms with E-state index in [2.05, 4.69) is 9.55 Å². The number of benzene rings is 1. The standard InChI is InChI=1S/C14H18N2O2/c1-17-13-4-6-14(7-5-13)18-11-3-2-9-16-10-8-15-12-16/h4-8,10,12H,2-3,9,11H2,1H3. The van der Waals surface area contributed by atoms with Gasteiger partial charge < -0.3 is 14.0 Å². The number of ether oxygens (including phenoxy) is 2. The van der Waals surface area contributed by atoms with Gasteiger partial charge in [-0.05, 0) is 37.1 Å². The first-order valence-electron chi connectivity index (χ1n) is 6.11. The Morgan fingerprint density at radius 1 is 1.11 bits per heavy atom. The molecule has 0 unspecified atom stereocenters. The van der Waals surface area contributed by atoms with E-state index in [4.69, 9.17) is 9.47 Å². The number of aryl methyl sites for hydroxylation is 1. The fourth-order valence-corrected chi connectivity index (χ4v) is 1.68. The highest BCUT2D eigenvalue weighted by atomic mass is 16.5. The minimum Gasteiger partial charge on any atom is -0.497 e. The van der Waals surface area contributed by atoms with E-state index < -0.39 is 0 Å². The van der Waals surface area contributed by atoms with Gasteiger partial charge in [-0.1, -0.05) is 0 Å². The van der Waals surface area contributed by atoms with Crippen molar-refractivity contribution in [3.8, 4) is 11.5 Å². The lowest BCUT2D eigenvalue weighted by Gasteiger charge is -2.07. The summed E-state index contributed by atoms with van der Waals surface area (Å²) >= 11 is 0. The molecule has 1 heterocycles. The van der Waals surface area contributed by atoms with Gasteiger partial charge in [-0.15, -0.1) is 0 Å². The molecule has 4 heteroatoms. The summed E-state index contributed by atoms with van der Waals surface area (Å²) in [6, 6.07) is 7.66. The summed E-state index contributed by atoms with van der Waals surface area (Å²) in [4.78, 5) is 4.00. The molecule has 0 N–H and O–H groups in total. The molecule has 4 nitrogen and oxygen atoms in total. The summed E-state index contributed by atoms with van der Waals surface area (Å²) in [7, 11) is 1.66. The van der Waals surface area contributed by atoms with Gasteiger partial charge in [0.25, 0.3) is 0 Å². The van der Waals surface area contributed by atoms with Gasteiger partial charge in [0, 0.05) is 18.9 Å². The van der Waals surface area contributed by atoms with Crippen LogP contribution >= 0.6 is 0 Å². The van der Waals surface area contributed by atoms with E-state index in [0.717, 1.165) is 37.5 Å². The Bertz CT molecular complexity index is 437. The number of rotatable bonds is 7. The fourth-order valence-electron chi connectivity index (χ4n) is 1.68. The van der Waals surface area contributed by atoms with Crippen LogP contribution in [0, 0.1) is 0 Å². The molecule has 0 radical (unpaired) electrons. The molecule has 0 fully saturated rings. The molecule has 0 aliphatic carbocycles. The largest absolute Gasteiger partial charge is 0.497 e. The molecular formula is C14H18N2O2. The van der Waals surface area contributed by atoms with Crippen molar-refractivity contribution in [2.75, 3.05) is 13.7 Å². The third-order valence-corrected chi connectivity index (χ3v) is 2.70. The Morgan fingerprint density at radius 2 is 1.89 bits per heavy atom. The smallest absolute Gasteiger partial charge is 0.119 e. The van der Waals surface area contributed by atoms with E-state index in [0.29, 0.717) is 0 Å². The van der Waals surface area contributed by atoms with Crippen LogP contribution in [0.1, 0.15) is 12.8 Å². The number of aromatic nitrogens is 2. The Labute approximate surface area is 107 Å². The van der Waals surface area contributed by atoms with Gasteiger partial charge in [-0.25, -0.2) is 4.98 Å². The Hall–Kier alpha value is -1.97. The molecule has 0 saturated heterocycles. The zero-order valence-electron chi connectivity index (χ0n) is 10.6. The fraction of sp³-hybridized carbons (Fsp3) is 0.357. The van der Waals surface area contributed by atoms with E-state index in [1.807, 2.05) is 36.8 Å². The zero-order valence-corrected chi connectivity index (χ0v) is 10.6. The van der Waals surface area contributed by atoms with E-state index in [9.17, 15) is 0 Å². The van der Waals surface area contributed by atoms with Crippen LogP contribution in [0.3, 0.4) is 0 Å². The van der Waals surface area contributed by atoms with Crippen LogP contribution in [0.15, 0.2) is 43.0 Å². The van der Waals surface area contributed by atoms with Gasteiger partial charge in [-0.3, -0.25) is 0 Å². The van der Waals surface area contributed by atoms with E-state index in [1.54, 1.807) is 13.3 Å². The lowest BCUT2D eigenvalue weighted by Crippen LogP contribution is -2.00. The maximum atomic E-state index is 5.64. The normalized spacial score (nSPS) is 10.3. The topological polar surface area (TPSA) is 36.3 Å². The van der Waals surface area contributed by atoms with Gasteiger partial charge in [0.05, 0.1) is 20.0 Å². The molecule has 0 aliphatic rings. The molecule has 0 spiro atoms. The maximum absolute atomic E-state index is 5.64. The molecule has 1 aromatic heterocycles. The average molecular weight is 246 g/mol. The van der Waals surface area contributed by atoms with E-state index >= 15 is 0 Å². The van der Waals surface area contributed by atoms with Gasteiger partial charge in [0.15, 0.2) is 0 Å². The summed E-state index contributed by atoms with van der Waals surface area (Å²) in [5, 5.41) is 0. The van der Waals surface area contributed by atoms with Crippen LogP contribution in [-0.4, -0.2) is 23.3 Å². The number of unbranched alkanes of at least 4 members (excludes halogenated alkanes) is 1. The van der Waals surface area contributed by atoms with Gasteiger partial charge in [0.1, 0.15) is 11.5 Å². The molecule has 1 aromatic carbocycles. The van der Waals surface area contributed by atoms with Crippen molar-refractivity contribution in [2.45, 2.75) is 19.4 Å². The molecule has 0 saturated carbocycles. The van der Waals surface area contributed by atoms with Crippen LogP contribution in [0.2, 0.25) is 0 Å². The molecule has 0 atom stereocenters. The number of hydrogen-bond donors (Lipinski definition) is 0. The number of methoxy groups -OCH3 is 1. The third kappa shape index (κ3) is 3.80. The Kier molecular flexibility index (Phi) is 4.64.